The molecule has 14 heteroatoms. The van der Waals surface area contributed by atoms with E-state index in [2.05, 4.69) is 15.5 Å². The summed E-state index contributed by atoms with van der Waals surface area (Å²) in [6.45, 7) is 6.36. The number of halogens is 5. The molecule has 2 aromatic heterocycles. The summed E-state index contributed by atoms with van der Waals surface area (Å²) in [5.74, 6) is 0.174. The van der Waals surface area contributed by atoms with E-state index in [0.717, 1.165) is 24.7 Å². The Morgan fingerprint density at radius 3 is 2.30 bits per heavy atom. The Kier molecular flexibility index (Phi) is 10.1. The van der Waals surface area contributed by atoms with Crippen molar-refractivity contribution in [2.45, 2.75) is 37.4 Å². The largest absolute Gasteiger partial charge is 0.459 e. The van der Waals surface area contributed by atoms with Crippen molar-refractivity contribution in [3.05, 3.63) is 70.3 Å². The summed E-state index contributed by atoms with van der Waals surface area (Å²) in [4.78, 5) is 15.4. The minimum absolute atomic E-state index is 0.0705. The van der Waals surface area contributed by atoms with Gasteiger partial charge in [0.05, 0.1) is 11.1 Å². The Balaban J connectivity index is 1.74. The van der Waals surface area contributed by atoms with Crippen LogP contribution in [-0.2, 0) is 15.7 Å². The number of benzene rings is 2. The Morgan fingerprint density at radius 2 is 1.72 bits per heavy atom. The normalized spacial score (nSPS) is 12.2. The maximum absolute atomic E-state index is 14.3. The van der Waals surface area contributed by atoms with Gasteiger partial charge in [-0.25, -0.2) is 0 Å². The lowest BCUT2D eigenvalue weighted by Crippen LogP contribution is -2.31. The lowest BCUT2D eigenvalue weighted by Gasteiger charge is -2.26. The highest BCUT2D eigenvalue weighted by atomic mass is 35.5. The molecule has 0 atom stereocenters. The Bertz CT molecular complexity index is 1570. The number of fused-ring (bicyclic) bond motifs is 1. The molecule has 0 bridgehead atoms. The number of hydrogen-bond donors (Lipinski definition) is 1. The monoisotopic (exact) mass is 654 g/mol. The van der Waals surface area contributed by atoms with Gasteiger partial charge in [-0.05, 0) is 95.3 Å². The quantitative estimate of drug-likeness (QED) is 0.139. The first-order valence-corrected chi connectivity index (χ1v) is 14.7. The molecule has 0 radical (unpaired) electrons. The van der Waals surface area contributed by atoms with Crippen LogP contribution in [0.5, 0.6) is 0 Å². The smallest absolute Gasteiger partial charge is 0.418 e. The molecule has 0 aliphatic carbocycles. The fraction of sp³-hybridized carbons (Fsp3) is 0.345. The van der Waals surface area contributed by atoms with Gasteiger partial charge in [-0.3, -0.25) is 9.36 Å². The zero-order valence-corrected chi connectivity index (χ0v) is 26.5. The molecule has 0 aliphatic heterocycles. The molecule has 0 spiro atoms. The fourth-order valence-electron chi connectivity index (χ4n) is 4.12. The van der Waals surface area contributed by atoms with E-state index in [1.807, 2.05) is 19.0 Å². The highest BCUT2D eigenvalue weighted by Crippen LogP contribution is 2.40. The van der Waals surface area contributed by atoms with Crippen molar-refractivity contribution >= 4 is 63.5 Å². The standard InChI is InChI=1S/C29H31Cl2F3N6O2S/c1-28(2,3)42-27(41)17-40(43-21-13-18(30)12-19(31)14-21)20-6-7-24-22(15-20)23(29(32,33)34)16-39(24)26-9-8-25(36-37-26)35-10-11-38(4)5/h6-9,12-16H,10-11,17H2,1-5H3,(H,35,36). The van der Waals surface area contributed by atoms with Crippen LogP contribution in [0.3, 0.4) is 0 Å². The van der Waals surface area contributed by atoms with Crippen LogP contribution in [0.4, 0.5) is 24.7 Å². The number of carbonyl (C=O) groups is 1. The summed E-state index contributed by atoms with van der Waals surface area (Å²) in [5.41, 5.74) is -0.996. The van der Waals surface area contributed by atoms with E-state index >= 15 is 0 Å². The molecule has 0 amide bonds. The highest BCUT2D eigenvalue weighted by Gasteiger charge is 2.35. The highest BCUT2D eigenvalue weighted by molar-refractivity contribution is 8.00. The van der Waals surface area contributed by atoms with Crippen LogP contribution >= 0.6 is 35.1 Å². The van der Waals surface area contributed by atoms with E-state index in [1.165, 1.54) is 10.6 Å². The van der Waals surface area contributed by atoms with Crippen molar-refractivity contribution in [2.24, 2.45) is 0 Å². The van der Waals surface area contributed by atoms with E-state index in [-0.39, 0.29) is 23.3 Å². The molecule has 0 aliphatic rings. The number of ether oxygens (including phenoxy) is 1. The minimum Gasteiger partial charge on any atom is -0.459 e. The topological polar surface area (TPSA) is 75.5 Å². The van der Waals surface area contributed by atoms with Gasteiger partial charge in [0.15, 0.2) is 5.82 Å². The van der Waals surface area contributed by atoms with Crippen molar-refractivity contribution in [1.82, 2.24) is 19.7 Å². The zero-order chi connectivity index (χ0) is 31.5. The van der Waals surface area contributed by atoms with E-state index in [1.54, 1.807) is 67.5 Å². The van der Waals surface area contributed by atoms with Gasteiger partial charge in [0.1, 0.15) is 18.0 Å². The van der Waals surface area contributed by atoms with Crippen LogP contribution in [0.1, 0.15) is 26.3 Å². The maximum Gasteiger partial charge on any atom is 0.418 e. The molecule has 43 heavy (non-hydrogen) atoms. The zero-order valence-electron chi connectivity index (χ0n) is 24.2. The average molecular weight is 656 g/mol. The van der Waals surface area contributed by atoms with E-state index < -0.39 is 23.3 Å². The number of likely N-dealkylation sites (N-methyl/N-ethyl adjacent to an activating group) is 1. The first-order valence-electron chi connectivity index (χ1n) is 13.2. The van der Waals surface area contributed by atoms with Crippen molar-refractivity contribution in [3.8, 4) is 5.82 Å². The van der Waals surface area contributed by atoms with Crippen molar-refractivity contribution in [2.75, 3.05) is 43.4 Å². The predicted octanol–water partition coefficient (Wildman–Crippen LogP) is 7.58. The number of aromatic nitrogens is 3. The number of carbonyl (C=O) groups excluding carboxylic acids is 1. The first-order chi connectivity index (χ1) is 20.1. The average Bonchev–Trinajstić information content (AvgIpc) is 3.26. The van der Waals surface area contributed by atoms with Crippen LogP contribution < -0.4 is 9.62 Å². The molecule has 8 nitrogen and oxygen atoms in total. The number of esters is 1. The molecule has 2 aromatic carbocycles. The molecule has 4 rings (SSSR count). The summed E-state index contributed by atoms with van der Waals surface area (Å²) < 4.78 is 51.3. The van der Waals surface area contributed by atoms with Crippen LogP contribution in [0.2, 0.25) is 10.0 Å². The molecule has 0 unspecified atom stereocenters. The summed E-state index contributed by atoms with van der Waals surface area (Å²) in [6.07, 6.45) is -3.66. The Morgan fingerprint density at radius 1 is 1.02 bits per heavy atom. The van der Waals surface area contributed by atoms with Gasteiger partial charge < -0.3 is 19.3 Å². The third kappa shape index (κ3) is 8.91. The molecular formula is C29H31Cl2F3N6O2S. The first kappa shape index (κ1) is 32.7. The number of anilines is 2. The van der Waals surface area contributed by atoms with Crippen LogP contribution in [0.15, 0.2) is 59.6 Å². The van der Waals surface area contributed by atoms with Crippen LogP contribution in [0.25, 0.3) is 16.7 Å². The van der Waals surface area contributed by atoms with Crippen LogP contribution in [0, 0.1) is 0 Å². The molecule has 0 saturated heterocycles. The molecule has 4 aromatic rings. The molecule has 230 valence electrons. The predicted molar refractivity (Wildman–Crippen MR) is 166 cm³/mol. The third-order valence-corrected chi connectivity index (χ3v) is 7.33. The Labute approximate surface area is 262 Å². The summed E-state index contributed by atoms with van der Waals surface area (Å²) in [6, 6.07) is 12.7. The second kappa shape index (κ2) is 13.2. The molecule has 2 heterocycles. The summed E-state index contributed by atoms with van der Waals surface area (Å²) >= 11 is 13.5. The van der Waals surface area contributed by atoms with Gasteiger partial charge >= 0.3 is 12.1 Å². The van der Waals surface area contributed by atoms with Gasteiger partial charge in [0, 0.05) is 45.3 Å². The van der Waals surface area contributed by atoms with Gasteiger partial charge in [-0.2, -0.15) is 13.2 Å². The van der Waals surface area contributed by atoms with E-state index in [4.69, 9.17) is 27.9 Å². The van der Waals surface area contributed by atoms with Crippen molar-refractivity contribution < 1.29 is 22.7 Å². The third-order valence-electron chi connectivity index (χ3n) is 5.89. The number of rotatable bonds is 10. The maximum atomic E-state index is 14.3. The second-order valence-corrected chi connectivity index (χ2v) is 12.9. The van der Waals surface area contributed by atoms with Gasteiger partial charge in [0.25, 0.3) is 0 Å². The number of nitrogens with one attached hydrogen (secondary N) is 1. The Hall–Kier alpha value is -3.19. The van der Waals surface area contributed by atoms with E-state index in [9.17, 15) is 18.0 Å². The van der Waals surface area contributed by atoms with E-state index in [0.29, 0.717) is 33.0 Å². The van der Waals surface area contributed by atoms with Gasteiger partial charge in [0.2, 0.25) is 0 Å². The summed E-state index contributed by atoms with van der Waals surface area (Å²) in [5, 5.41) is 12.1. The molecular weight excluding hydrogens is 624 g/mol. The summed E-state index contributed by atoms with van der Waals surface area (Å²) in [7, 11) is 3.89. The SMILES string of the molecule is CN(C)CCNc1ccc(-n2cc(C(F)(F)F)c3cc(N(CC(=O)OC(C)(C)C)Sc4cc(Cl)cc(Cl)c4)ccc32)nn1. The minimum atomic E-state index is -4.66. The van der Waals surface area contributed by atoms with Crippen molar-refractivity contribution in [3.63, 3.8) is 0 Å². The van der Waals surface area contributed by atoms with Crippen molar-refractivity contribution in [1.29, 1.82) is 0 Å². The molecule has 1 N–H and O–H groups in total. The second-order valence-electron chi connectivity index (χ2n) is 10.9. The number of nitrogens with zero attached hydrogens (tertiary/aromatic N) is 5. The van der Waals surface area contributed by atoms with Gasteiger partial charge in [-0.1, -0.05) is 23.2 Å². The lowest BCUT2D eigenvalue weighted by molar-refractivity contribution is -0.152. The molecule has 0 saturated carbocycles. The number of hydrogen-bond acceptors (Lipinski definition) is 8. The number of alkyl halides is 3. The lowest BCUT2D eigenvalue weighted by atomic mass is 10.1. The van der Waals surface area contributed by atoms with Gasteiger partial charge in [-0.15, -0.1) is 10.2 Å². The van der Waals surface area contributed by atoms with Crippen LogP contribution in [-0.4, -0.2) is 65.0 Å². The fourth-order valence-corrected chi connectivity index (χ4v) is 5.78. The molecule has 0 fully saturated rings.